The monoisotopic (exact) mass is 426 g/mol. The Morgan fingerprint density at radius 3 is 2.62 bits per heavy atom. The van der Waals surface area contributed by atoms with E-state index in [0.29, 0.717) is 28.2 Å². The van der Waals surface area contributed by atoms with Gasteiger partial charge in [0.05, 0.1) is 12.7 Å². The molecule has 32 heavy (non-hydrogen) atoms. The first-order valence-corrected chi connectivity index (χ1v) is 9.95. The van der Waals surface area contributed by atoms with E-state index < -0.39 is 5.97 Å². The van der Waals surface area contributed by atoms with Crippen LogP contribution in [0.15, 0.2) is 76.9 Å². The van der Waals surface area contributed by atoms with Gasteiger partial charge in [-0.25, -0.2) is 4.79 Å². The summed E-state index contributed by atoms with van der Waals surface area (Å²) in [5.74, 6) is 0.724. The lowest BCUT2D eigenvalue weighted by molar-refractivity contribution is 0.0703. The van der Waals surface area contributed by atoms with E-state index in [4.69, 9.17) is 18.6 Å². The van der Waals surface area contributed by atoms with E-state index in [0.717, 1.165) is 10.9 Å². The van der Waals surface area contributed by atoms with Gasteiger partial charge in [-0.15, -0.1) is 0 Å². The fourth-order valence-electron chi connectivity index (χ4n) is 3.66. The fourth-order valence-corrected chi connectivity index (χ4v) is 3.66. The predicted octanol–water partition coefficient (Wildman–Crippen LogP) is 5.59. The normalized spacial score (nSPS) is 13.8. The molecule has 0 spiro atoms. The molecule has 0 atom stereocenters. The van der Waals surface area contributed by atoms with Crippen molar-refractivity contribution in [3.05, 3.63) is 94.9 Å². The molecule has 0 unspecified atom stereocenters. The van der Waals surface area contributed by atoms with Gasteiger partial charge in [0.1, 0.15) is 22.8 Å². The summed E-state index contributed by atoms with van der Waals surface area (Å²) in [6.07, 6.45) is 1.66. The number of carbonyl (C=O) groups is 2. The average Bonchev–Trinajstić information content (AvgIpc) is 3.35. The lowest BCUT2D eigenvalue weighted by Crippen LogP contribution is -2.07. The Balaban J connectivity index is 1.41. The smallest absolute Gasteiger partial charge is 0.379 e. The largest absolute Gasteiger partial charge is 0.497 e. The van der Waals surface area contributed by atoms with Gasteiger partial charge in [-0.1, -0.05) is 30.3 Å². The minimum atomic E-state index is -0.628. The second-order valence-corrected chi connectivity index (χ2v) is 7.37. The topological polar surface area (TPSA) is 75.0 Å². The third-order valence-electron chi connectivity index (χ3n) is 5.17. The van der Waals surface area contributed by atoms with Crippen molar-refractivity contribution in [1.29, 1.82) is 0 Å². The van der Waals surface area contributed by atoms with Gasteiger partial charge in [0, 0.05) is 11.5 Å². The third-order valence-corrected chi connectivity index (χ3v) is 5.17. The quantitative estimate of drug-likeness (QED) is 0.241. The summed E-state index contributed by atoms with van der Waals surface area (Å²) < 4.78 is 22.1. The first-order chi connectivity index (χ1) is 15.5. The summed E-state index contributed by atoms with van der Waals surface area (Å²) in [4.78, 5) is 25.5. The first kappa shape index (κ1) is 19.6. The van der Waals surface area contributed by atoms with Gasteiger partial charge in [-0.2, -0.15) is 0 Å². The zero-order valence-corrected chi connectivity index (χ0v) is 17.4. The van der Waals surface area contributed by atoms with Gasteiger partial charge in [0.25, 0.3) is 0 Å². The Hall–Kier alpha value is -4.32. The third kappa shape index (κ3) is 3.52. The Bertz CT molecular complexity index is 1380. The number of ether oxygens (including phenoxy) is 3. The molecule has 0 bridgehead atoms. The summed E-state index contributed by atoms with van der Waals surface area (Å²) in [6.45, 7) is 1.77. The maximum absolute atomic E-state index is 12.9. The van der Waals surface area contributed by atoms with Crippen LogP contribution in [0.3, 0.4) is 0 Å². The van der Waals surface area contributed by atoms with Gasteiger partial charge >= 0.3 is 5.97 Å². The SMILES string of the molecule is COc1cccc(/C=C2\Oc3cc(OC(=O)c4cc5ccccc5o4)cc(C)c3C2=O)c1. The zero-order valence-electron chi connectivity index (χ0n) is 17.4. The molecule has 0 fully saturated rings. The number of Topliss-reactive ketones (excluding diaryl/α,β-unsaturated/α-hetero) is 1. The molecule has 5 rings (SSSR count). The highest BCUT2D eigenvalue weighted by Crippen LogP contribution is 2.38. The average molecular weight is 426 g/mol. The Labute approximate surface area is 183 Å². The van der Waals surface area contributed by atoms with Crippen LogP contribution in [0.5, 0.6) is 17.2 Å². The van der Waals surface area contributed by atoms with E-state index in [2.05, 4.69) is 0 Å². The number of hydrogen-bond donors (Lipinski definition) is 0. The molecule has 3 aromatic carbocycles. The van der Waals surface area contributed by atoms with Crippen molar-refractivity contribution in [3.63, 3.8) is 0 Å². The van der Waals surface area contributed by atoms with Crippen LogP contribution in [0.1, 0.15) is 32.0 Å². The summed E-state index contributed by atoms with van der Waals surface area (Å²) in [7, 11) is 1.58. The minimum Gasteiger partial charge on any atom is -0.497 e. The molecule has 158 valence electrons. The van der Waals surface area contributed by atoms with Crippen molar-refractivity contribution in [3.8, 4) is 17.2 Å². The van der Waals surface area contributed by atoms with Crippen LogP contribution in [0, 0.1) is 6.92 Å². The minimum absolute atomic E-state index is 0.0972. The Kier molecular flexibility index (Phi) is 4.75. The van der Waals surface area contributed by atoms with E-state index in [1.54, 1.807) is 44.4 Å². The molecule has 0 saturated carbocycles. The summed E-state index contributed by atoms with van der Waals surface area (Å²) in [5, 5.41) is 0.811. The summed E-state index contributed by atoms with van der Waals surface area (Å²) >= 11 is 0. The van der Waals surface area contributed by atoms with Gasteiger partial charge in [0.2, 0.25) is 11.5 Å². The number of fused-ring (bicyclic) bond motifs is 2. The second-order valence-electron chi connectivity index (χ2n) is 7.37. The maximum Gasteiger partial charge on any atom is 0.379 e. The zero-order chi connectivity index (χ0) is 22.2. The van der Waals surface area contributed by atoms with Gasteiger partial charge in [-0.3, -0.25) is 4.79 Å². The maximum atomic E-state index is 12.9. The van der Waals surface area contributed by atoms with Crippen LogP contribution in [-0.4, -0.2) is 18.9 Å². The standard InChI is InChI=1S/C26H18O6/c1-15-10-19(30-26(28)23-13-17-7-3-4-9-20(17)31-23)14-21-24(15)25(27)22(32-21)12-16-6-5-8-18(11-16)29-2/h3-14H,1-2H3/b22-12-. The van der Waals surface area contributed by atoms with Crippen LogP contribution < -0.4 is 14.2 Å². The van der Waals surface area contributed by atoms with Crippen LogP contribution >= 0.6 is 0 Å². The highest BCUT2D eigenvalue weighted by Gasteiger charge is 2.30. The second kappa shape index (κ2) is 7.74. The number of esters is 1. The molecule has 2 heterocycles. The van der Waals surface area contributed by atoms with Gasteiger partial charge < -0.3 is 18.6 Å². The number of allylic oxidation sites excluding steroid dienone is 1. The molecule has 0 aliphatic carbocycles. The van der Waals surface area contributed by atoms with Crippen LogP contribution in [0.4, 0.5) is 0 Å². The summed E-state index contributed by atoms with van der Waals surface area (Å²) in [6, 6.07) is 19.4. The molecule has 0 saturated heterocycles. The van der Waals surface area contributed by atoms with Crippen molar-refractivity contribution >= 4 is 28.8 Å². The van der Waals surface area contributed by atoms with Crippen LogP contribution in [-0.2, 0) is 0 Å². The van der Waals surface area contributed by atoms with E-state index >= 15 is 0 Å². The molecule has 1 aliphatic heterocycles. The molecule has 1 aromatic heterocycles. The molecule has 6 heteroatoms. The molecule has 4 aromatic rings. The lowest BCUT2D eigenvalue weighted by Gasteiger charge is -2.06. The molecule has 1 aliphatic rings. The number of aryl methyl sites for hydroxylation is 1. The van der Waals surface area contributed by atoms with Crippen molar-refractivity contribution in [2.45, 2.75) is 6.92 Å². The molecular formula is C26H18O6. The van der Waals surface area contributed by atoms with Gasteiger partial charge in [0.15, 0.2) is 5.76 Å². The van der Waals surface area contributed by atoms with Crippen molar-refractivity contribution in [2.75, 3.05) is 7.11 Å². The molecule has 0 radical (unpaired) electrons. The lowest BCUT2D eigenvalue weighted by atomic mass is 10.0. The number of carbonyl (C=O) groups excluding carboxylic acids is 2. The number of benzene rings is 3. The number of ketones is 1. The molecule has 0 N–H and O–H groups in total. The number of furan rings is 1. The first-order valence-electron chi connectivity index (χ1n) is 9.95. The Morgan fingerprint density at radius 2 is 1.81 bits per heavy atom. The fraction of sp³-hybridized carbons (Fsp3) is 0.0769. The number of hydrogen-bond acceptors (Lipinski definition) is 6. The predicted molar refractivity (Wildman–Crippen MR) is 118 cm³/mol. The van der Waals surface area contributed by atoms with Crippen LogP contribution in [0.25, 0.3) is 17.0 Å². The highest BCUT2D eigenvalue weighted by atomic mass is 16.5. The van der Waals surface area contributed by atoms with Crippen molar-refractivity contribution < 1.29 is 28.2 Å². The van der Waals surface area contributed by atoms with Crippen LogP contribution in [0.2, 0.25) is 0 Å². The summed E-state index contributed by atoms with van der Waals surface area (Å²) in [5.41, 5.74) is 2.47. The van der Waals surface area contributed by atoms with Crippen molar-refractivity contribution in [2.24, 2.45) is 0 Å². The van der Waals surface area contributed by atoms with E-state index in [-0.39, 0.29) is 23.1 Å². The van der Waals surface area contributed by atoms with Crippen molar-refractivity contribution in [1.82, 2.24) is 0 Å². The number of methoxy groups -OCH3 is 1. The molecule has 6 nitrogen and oxygen atoms in total. The highest BCUT2D eigenvalue weighted by molar-refractivity contribution is 6.15. The molecular weight excluding hydrogens is 408 g/mol. The Morgan fingerprint density at radius 1 is 0.969 bits per heavy atom. The number of para-hydroxylation sites is 1. The van der Waals surface area contributed by atoms with E-state index in [9.17, 15) is 9.59 Å². The van der Waals surface area contributed by atoms with E-state index in [1.165, 1.54) is 6.07 Å². The van der Waals surface area contributed by atoms with E-state index in [1.807, 2.05) is 36.4 Å². The van der Waals surface area contributed by atoms with Gasteiger partial charge in [-0.05, 0) is 54.5 Å². The molecule has 0 amide bonds. The number of rotatable bonds is 4.